The average molecular weight is 357 g/mol. The van der Waals surface area contributed by atoms with E-state index in [1.807, 2.05) is 43.3 Å². The molecule has 0 fully saturated rings. The number of likely N-dealkylation sites (N-methyl/N-ethyl adjacent to an activating group) is 1. The van der Waals surface area contributed by atoms with Crippen LogP contribution in [0.15, 0.2) is 53.9 Å². The van der Waals surface area contributed by atoms with Crippen LogP contribution in [0.4, 0.5) is 0 Å². The van der Waals surface area contributed by atoms with Gasteiger partial charge in [0.15, 0.2) is 0 Å². The van der Waals surface area contributed by atoms with E-state index in [0.29, 0.717) is 13.2 Å². The van der Waals surface area contributed by atoms with Crippen molar-refractivity contribution in [2.24, 2.45) is 0 Å². The maximum atomic E-state index is 12.5. The molecule has 4 nitrogen and oxygen atoms in total. The maximum Gasteiger partial charge on any atom is 0.236 e. The highest BCUT2D eigenvalue weighted by Crippen LogP contribution is 2.21. The third-order valence-electron chi connectivity index (χ3n) is 4.45. The summed E-state index contributed by atoms with van der Waals surface area (Å²) in [6, 6.07) is 15.9. The van der Waals surface area contributed by atoms with Crippen molar-refractivity contribution in [3.05, 3.63) is 76.2 Å². The number of hydrogen-bond donors (Lipinski definition) is 0. The van der Waals surface area contributed by atoms with E-state index in [0.717, 1.165) is 17.5 Å². The van der Waals surface area contributed by atoms with E-state index in [1.54, 1.807) is 13.1 Å². The molecule has 1 heterocycles. The molecule has 0 N–H and O–H groups in total. The van der Waals surface area contributed by atoms with Crippen molar-refractivity contribution in [2.45, 2.75) is 26.1 Å². The fourth-order valence-electron chi connectivity index (χ4n) is 2.86. The number of ether oxygens (including phenoxy) is 1. The van der Waals surface area contributed by atoms with Gasteiger partial charge in [0.2, 0.25) is 10.0 Å². The molecule has 3 rings (SSSR count). The zero-order chi connectivity index (χ0) is 17.9. The average Bonchev–Trinajstić information content (AvgIpc) is 2.61. The van der Waals surface area contributed by atoms with Gasteiger partial charge in [0.25, 0.3) is 0 Å². The van der Waals surface area contributed by atoms with Crippen LogP contribution in [0.1, 0.15) is 22.3 Å². The maximum absolute atomic E-state index is 12.5. The first-order chi connectivity index (χ1) is 11.9. The topological polar surface area (TPSA) is 46.6 Å². The van der Waals surface area contributed by atoms with Crippen molar-refractivity contribution < 1.29 is 13.2 Å². The first-order valence-corrected chi connectivity index (χ1v) is 9.84. The molecule has 0 aromatic heterocycles. The van der Waals surface area contributed by atoms with Gasteiger partial charge < -0.3 is 4.74 Å². The number of nitrogens with zero attached hydrogens (tertiary/aromatic N) is 1. The van der Waals surface area contributed by atoms with Gasteiger partial charge in [-0.3, -0.25) is 0 Å². The highest BCUT2D eigenvalue weighted by Gasteiger charge is 2.24. The van der Waals surface area contributed by atoms with Gasteiger partial charge in [-0.05, 0) is 29.7 Å². The van der Waals surface area contributed by atoms with E-state index in [9.17, 15) is 8.42 Å². The molecule has 1 aliphatic heterocycles. The lowest BCUT2D eigenvalue weighted by molar-refractivity contribution is 0.0204. The predicted octanol–water partition coefficient (Wildman–Crippen LogP) is 3.37. The first-order valence-electron chi connectivity index (χ1n) is 8.33. The molecule has 0 amide bonds. The second-order valence-electron chi connectivity index (χ2n) is 6.44. The third-order valence-corrected chi connectivity index (χ3v) is 5.94. The summed E-state index contributed by atoms with van der Waals surface area (Å²) in [7, 11) is -1.88. The van der Waals surface area contributed by atoms with Crippen LogP contribution >= 0.6 is 0 Å². The van der Waals surface area contributed by atoms with Gasteiger partial charge in [-0.15, -0.1) is 0 Å². The molecule has 0 bridgehead atoms. The minimum Gasteiger partial charge on any atom is -0.372 e. The van der Waals surface area contributed by atoms with Crippen molar-refractivity contribution in [1.29, 1.82) is 0 Å². The van der Waals surface area contributed by atoms with E-state index >= 15 is 0 Å². The molecule has 2 aromatic carbocycles. The van der Waals surface area contributed by atoms with Crippen LogP contribution in [0.25, 0.3) is 6.08 Å². The Kier molecular flexibility index (Phi) is 5.37. The third kappa shape index (κ3) is 4.57. The molecule has 1 aliphatic rings. The van der Waals surface area contributed by atoms with E-state index in [4.69, 9.17) is 4.74 Å². The number of sulfonamides is 1. The first kappa shape index (κ1) is 17.9. The Bertz CT molecular complexity index is 857. The quantitative estimate of drug-likeness (QED) is 0.824. The highest BCUT2D eigenvalue weighted by molar-refractivity contribution is 7.92. The van der Waals surface area contributed by atoms with Crippen LogP contribution in [-0.4, -0.2) is 32.4 Å². The van der Waals surface area contributed by atoms with Gasteiger partial charge in [0.1, 0.15) is 0 Å². The van der Waals surface area contributed by atoms with Gasteiger partial charge in [-0.2, -0.15) is 4.31 Å². The van der Waals surface area contributed by atoms with Crippen molar-refractivity contribution in [3.63, 3.8) is 0 Å². The van der Waals surface area contributed by atoms with Gasteiger partial charge in [0.05, 0.1) is 12.7 Å². The molecular formula is C20H23NO3S. The van der Waals surface area contributed by atoms with Crippen molar-refractivity contribution in [2.75, 3.05) is 13.6 Å². The Morgan fingerprint density at radius 1 is 1.12 bits per heavy atom. The summed E-state index contributed by atoms with van der Waals surface area (Å²) in [5.74, 6) is 0. The Morgan fingerprint density at radius 3 is 2.52 bits per heavy atom. The Labute approximate surface area is 149 Å². The van der Waals surface area contributed by atoms with Gasteiger partial charge in [0, 0.05) is 25.4 Å². The van der Waals surface area contributed by atoms with E-state index < -0.39 is 10.0 Å². The lowest BCUT2D eigenvalue weighted by Crippen LogP contribution is -2.37. The summed E-state index contributed by atoms with van der Waals surface area (Å²) < 4.78 is 32.1. The second-order valence-corrected chi connectivity index (χ2v) is 8.37. The minimum absolute atomic E-state index is 0.123. The molecule has 1 atom stereocenters. The highest BCUT2D eigenvalue weighted by atomic mass is 32.2. The minimum atomic E-state index is -3.47. The van der Waals surface area contributed by atoms with Crippen LogP contribution in [0, 0.1) is 6.92 Å². The molecule has 25 heavy (non-hydrogen) atoms. The summed E-state index contributed by atoms with van der Waals surface area (Å²) in [6.45, 7) is 2.88. The monoisotopic (exact) mass is 357 g/mol. The number of hydrogen-bond acceptors (Lipinski definition) is 3. The number of benzene rings is 2. The molecule has 132 valence electrons. The largest absolute Gasteiger partial charge is 0.372 e. The molecule has 0 spiro atoms. The van der Waals surface area contributed by atoms with Crippen LogP contribution in [0.2, 0.25) is 0 Å². The van der Waals surface area contributed by atoms with Crippen LogP contribution in [0.3, 0.4) is 0 Å². The molecule has 0 aliphatic carbocycles. The lowest BCUT2D eigenvalue weighted by Gasteiger charge is -2.28. The molecule has 0 saturated heterocycles. The van der Waals surface area contributed by atoms with Crippen LogP contribution in [0.5, 0.6) is 0 Å². The van der Waals surface area contributed by atoms with Gasteiger partial charge >= 0.3 is 0 Å². The molecule has 5 heteroatoms. The fourth-order valence-corrected chi connectivity index (χ4v) is 3.77. The normalized spacial score (nSPS) is 17.8. The van der Waals surface area contributed by atoms with Crippen molar-refractivity contribution in [3.8, 4) is 0 Å². The summed E-state index contributed by atoms with van der Waals surface area (Å²) in [6.07, 6.45) is 2.24. The van der Waals surface area contributed by atoms with Gasteiger partial charge in [-0.25, -0.2) is 8.42 Å². The van der Waals surface area contributed by atoms with Crippen LogP contribution in [-0.2, 0) is 27.8 Å². The Morgan fingerprint density at radius 2 is 1.80 bits per heavy atom. The second kappa shape index (κ2) is 7.52. The van der Waals surface area contributed by atoms with E-state index in [-0.39, 0.29) is 6.10 Å². The zero-order valence-electron chi connectivity index (χ0n) is 14.6. The molecule has 0 radical (unpaired) electrons. The number of rotatable bonds is 5. The molecule has 1 unspecified atom stereocenters. The Balaban J connectivity index is 1.64. The van der Waals surface area contributed by atoms with E-state index in [2.05, 4.69) is 12.1 Å². The van der Waals surface area contributed by atoms with Gasteiger partial charge in [-0.1, -0.05) is 54.1 Å². The number of aryl methyl sites for hydroxylation is 1. The lowest BCUT2D eigenvalue weighted by atomic mass is 9.99. The predicted molar refractivity (Wildman–Crippen MR) is 100 cm³/mol. The Hall–Kier alpha value is -1.95. The standard InChI is InChI=1S/C20H23NO3S/c1-16-7-9-17(10-8-16)11-12-25(22,23)21(2)14-20-13-18-5-3-4-6-19(18)15-24-20/h3-12,20H,13-15H2,1-2H3/b12-11+. The SMILES string of the molecule is Cc1ccc(/C=C/S(=O)(=O)N(C)CC2Cc3ccccc3CO2)cc1. The summed E-state index contributed by atoms with van der Waals surface area (Å²) in [4.78, 5) is 0. The zero-order valence-corrected chi connectivity index (χ0v) is 15.4. The van der Waals surface area contributed by atoms with Crippen molar-refractivity contribution in [1.82, 2.24) is 4.31 Å². The smallest absolute Gasteiger partial charge is 0.236 e. The fraction of sp³-hybridized carbons (Fsp3) is 0.300. The van der Waals surface area contributed by atoms with Crippen molar-refractivity contribution >= 4 is 16.1 Å². The summed E-state index contributed by atoms with van der Waals surface area (Å²) in [5.41, 5.74) is 4.43. The van der Waals surface area contributed by atoms with Crippen LogP contribution < -0.4 is 0 Å². The molecule has 0 saturated carbocycles. The summed E-state index contributed by atoms with van der Waals surface area (Å²) >= 11 is 0. The molecule has 2 aromatic rings. The number of fused-ring (bicyclic) bond motifs is 1. The van der Waals surface area contributed by atoms with E-state index in [1.165, 1.54) is 20.8 Å². The molecular weight excluding hydrogens is 334 g/mol. The summed E-state index contributed by atoms with van der Waals surface area (Å²) in [5, 5.41) is 1.26.